The van der Waals surface area contributed by atoms with E-state index in [-0.39, 0.29) is 17.2 Å². The van der Waals surface area contributed by atoms with Gasteiger partial charge in [-0.2, -0.15) is 10.4 Å². The van der Waals surface area contributed by atoms with Crippen molar-refractivity contribution in [1.82, 2.24) is 24.6 Å². The van der Waals surface area contributed by atoms with Gasteiger partial charge in [-0.25, -0.2) is 19.5 Å². The highest BCUT2D eigenvalue weighted by atomic mass is 35.5. The third-order valence-corrected chi connectivity index (χ3v) is 4.95. The van der Waals surface area contributed by atoms with Gasteiger partial charge in [0.05, 0.1) is 13.3 Å². The van der Waals surface area contributed by atoms with Crippen molar-refractivity contribution in [1.29, 1.82) is 5.26 Å². The van der Waals surface area contributed by atoms with Crippen LogP contribution in [-0.2, 0) is 5.72 Å². The molecule has 4 rings (SSSR count). The van der Waals surface area contributed by atoms with E-state index in [0.29, 0.717) is 33.4 Å². The molecular formula is C20H17ClN8O2. The van der Waals surface area contributed by atoms with Crippen LogP contribution in [0.4, 0.5) is 11.6 Å². The van der Waals surface area contributed by atoms with Gasteiger partial charge in [0, 0.05) is 11.1 Å². The highest BCUT2D eigenvalue weighted by Crippen LogP contribution is 2.37. The summed E-state index contributed by atoms with van der Waals surface area (Å²) in [5.74, 6) is 0.619. The van der Waals surface area contributed by atoms with E-state index in [9.17, 15) is 10.4 Å². The molecule has 156 valence electrons. The lowest BCUT2D eigenvalue weighted by atomic mass is 9.97. The molecule has 4 aromatic rings. The molecular weight excluding hydrogens is 420 g/mol. The molecule has 0 radical (unpaired) electrons. The van der Waals surface area contributed by atoms with Gasteiger partial charge in [-0.1, -0.05) is 23.7 Å². The Kier molecular flexibility index (Phi) is 5.06. The van der Waals surface area contributed by atoms with Gasteiger partial charge in [0.2, 0.25) is 0 Å². The molecule has 1 unspecified atom stereocenters. The van der Waals surface area contributed by atoms with Gasteiger partial charge in [-0.3, -0.25) is 0 Å². The standard InChI is InChI=1S/C20H17ClN8O2/c1-20(30,27-19-12(8-22)18(23)25-10-26-19)13-7-16-24-9-15(21)29(16)28-17(13)11-5-3-4-6-14(11)31-2/h3-7,9-10,30H,1-2H3,(H3,23,25,26,27). The number of hydrogen-bond acceptors (Lipinski definition) is 9. The summed E-state index contributed by atoms with van der Waals surface area (Å²) in [5, 5.41) is 28.6. The SMILES string of the molecule is COc1ccccc1-c1nn2c(Cl)cnc2cc1C(C)(O)Nc1ncnc(N)c1C#N. The molecule has 11 heteroatoms. The highest BCUT2D eigenvalue weighted by Gasteiger charge is 2.31. The molecule has 0 aliphatic carbocycles. The van der Waals surface area contributed by atoms with Crippen molar-refractivity contribution < 1.29 is 9.84 Å². The second-order valence-corrected chi connectivity index (χ2v) is 7.14. The van der Waals surface area contributed by atoms with Crippen LogP contribution in [-0.4, -0.2) is 36.8 Å². The Morgan fingerprint density at radius 3 is 2.81 bits per heavy atom. The molecule has 31 heavy (non-hydrogen) atoms. The molecule has 0 aliphatic heterocycles. The Morgan fingerprint density at radius 1 is 1.29 bits per heavy atom. The average Bonchev–Trinajstić information content (AvgIpc) is 3.13. The zero-order valence-electron chi connectivity index (χ0n) is 16.5. The first kappa shape index (κ1) is 20.3. The number of aromatic nitrogens is 5. The van der Waals surface area contributed by atoms with Crippen molar-refractivity contribution in [2.24, 2.45) is 0 Å². The molecule has 0 fully saturated rings. The van der Waals surface area contributed by atoms with E-state index in [4.69, 9.17) is 22.1 Å². The molecule has 0 bridgehead atoms. The van der Waals surface area contributed by atoms with E-state index in [1.807, 2.05) is 18.2 Å². The highest BCUT2D eigenvalue weighted by molar-refractivity contribution is 6.29. The molecule has 3 aromatic heterocycles. The molecule has 0 spiro atoms. The summed E-state index contributed by atoms with van der Waals surface area (Å²) in [6, 6.07) is 10.8. The molecule has 0 saturated carbocycles. The Balaban J connectivity index is 1.94. The number of aliphatic hydroxyl groups is 1. The number of rotatable bonds is 5. The maximum atomic E-state index is 11.4. The summed E-state index contributed by atoms with van der Waals surface area (Å²) in [7, 11) is 1.54. The molecule has 0 aliphatic rings. The third-order valence-electron chi connectivity index (χ3n) is 4.69. The molecule has 4 N–H and O–H groups in total. The first-order valence-electron chi connectivity index (χ1n) is 9.05. The fraction of sp³-hybridized carbons (Fsp3) is 0.150. The smallest absolute Gasteiger partial charge is 0.162 e. The van der Waals surface area contributed by atoms with Crippen molar-refractivity contribution in [3.05, 3.63) is 59.1 Å². The number of hydrogen-bond donors (Lipinski definition) is 3. The van der Waals surface area contributed by atoms with Crippen molar-refractivity contribution in [3.63, 3.8) is 0 Å². The fourth-order valence-electron chi connectivity index (χ4n) is 3.20. The number of methoxy groups -OCH3 is 1. The normalized spacial score (nSPS) is 12.9. The second-order valence-electron chi connectivity index (χ2n) is 6.75. The lowest BCUT2D eigenvalue weighted by molar-refractivity contribution is 0.0884. The lowest BCUT2D eigenvalue weighted by Gasteiger charge is -2.28. The minimum absolute atomic E-state index is 0.00522. The number of ether oxygens (including phenoxy) is 1. The number of fused-ring (bicyclic) bond motifs is 1. The number of nitrogens with one attached hydrogen (secondary N) is 1. The second kappa shape index (κ2) is 7.71. The van der Waals surface area contributed by atoms with Crippen LogP contribution >= 0.6 is 11.6 Å². The molecule has 1 aromatic carbocycles. The number of halogens is 1. The number of nitrogen functional groups attached to an aromatic ring is 1. The third kappa shape index (κ3) is 3.56. The summed E-state index contributed by atoms with van der Waals surface area (Å²) < 4.78 is 6.93. The predicted molar refractivity (Wildman–Crippen MR) is 114 cm³/mol. The zero-order valence-corrected chi connectivity index (χ0v) is 17.3. The van der Waals surface area contributed by atoms with E-state index in [0.717, 1.165) is 0 Å². The number of benzene rings is 1. The minimum atomic E-state index is -1.74. The van der Waals surface area contributed by atoms with E-state index < -0.39 is 5.72 Å². The summed E-state index contributed by atoms with van der Waals surface area (Å²) in [6.45, 7) is 1.50. The topological polar surface area (TPSA) is 147 Å². The number of nitrogens with two attached hydrogens (primary N) is 1. The number of nitriles is 1. The number of para-hydroxylation sites is 1. The van der Waals surface area contributed by atoms with Gasteiger partial charge >= 0.3 is 0 Å². The minimum Gasteiger partial charge on any atom is -0.496 e. The van der Waals surface area contributed by atoms with Crippen LogP contribution in [0.15, 0.2) is 42.9 Å². The first-order valence-corrected chi connectivity index (χ1v) is 9.42. The van der Waals surface area contributed by atoms with E-state index >= 15 is 0 Å². The molecule has 3 heterocycles. The molecule has 0 amide bonds. The fourth-order valence-corrected chi connectivity index (χ4v) is 3.37. The maximum absolute atomic E-state index is 11.4. The average molecular weight is 437 g/mol. The maximum Gasteiger partial charge on any atom is 0.162 e. The molecule has 10 nitrogen and oxygen atoms in total. The number of imidazole rings is 1. The van der Waals surface area contributed by atoms with Crippen LogP contribution in [0, 0.1) is 11.3 Å². The van der Waals surface area contributed by atoms with Crippen molar-refractivity contribution in [2.75, 3.05) is 18.2 Å². The predicted octanol–water partition coefficient (Wildman–Crippen LogP) is 2.58. The van der Waals surface area contributed by atoms with Crippen molar-refractivity contribution >= 4 is 28.9 Å². The van der Waals surface area contributed by atoms with Crippen LogP contribution < -0.4 is 15.8 Å². The zero-order chi connectivity index (χ0) is 22.2. The van der Waals surface area contributed by atoms with Crippen LogP contribution in [0.25, 0.3) is 16.9 Å². The summed E-state index contributed by atoms with van der Waals surface area (Å²) in [6.07, 6.45) is 2.66. The van der Waals surface area contributed by atoms with E-state index in [1.54, 1.807) is 25.3 Å². The summed E-state index contributed by atoms with van der Waals surface area (Å²) in [5.41, 5.74) is 5.83. The quantitative estimate of drug-likeness (QED) is 0.401. The lowest BCUT2D eigenvalue weighted by Crippen LogP contribution is -2.33. The molecule has 1 atom stereocenters. The van der Waals surface area contributed by atoms with E-state index in [1.165, 1.54) is 24.0 Å². The monoisotopic (exact) mass is 436 g/mol. The van der Waals surface area contributed by atoms with E-state index in [2.05, 4.69) is 25.4 Å². The van der Waals surface area contributed by atoms with Gasteiger partial charge < -0.3 is 20.9 Å². The van der Waals surface area contributed by atoms with Gasteiger partial charge in [0.15, 0.2) is 22.3 Å². The summed E-state index contributed by atoms with van der Waals surface area (Å²) in [4.78, 5) is 12.1. The van der Waals surface area contributed by atoms with Crippen LogP contribution in [0.3, 0.4) is 0 Å². The van der Waals surface area contributed by atoms with Crippen LogP contribution in [0.5, 0.6) is 5.75 Å². The first-order chi connectivity index (χ1) is 14.9. The Hall–Kier alpha value is -3.94. The summed E-state index contributed by atoms with van der Waals surface area (Å²) >= 11 is 6.22. The van der Waals surface area contributed by atoms with Gasteiger partial charge in [-0.05, 0) is 25.1 Å². The number of nitrogens with zero attached hydrogens (tertiary/aromatic N) is 6. The van der Waals surface area contributed by atoms with Gasteiger partial charge in [0.1, 0.15) is 35.2 Å². The van der Waals surface area contributed by atoms with Crippen LogP contribution in [0.1, 0.15) is 18.1 Å². The van der Waals surface area contributed by atoms with Crippen molar-refractivity contribution in [2.45, 2.75) is 12.6 Å². The Morgan fingerprint density at radius 2 is 2.06 bits per heavy atom. The molecule has 0 saturated heterocycles. The number of anilines is 2. The largest absolute Gasteiger partial charge is 0.496 e. The van der Waals surface area contributed by atoms with Crippen molar-refractivity contribution in [3.8, 4) is 23.1 Å². The Labute approximate surface area is 181 Å². The van der Waals surface area contributed by atoms with Crippen LogP contribution in [0.2, 0.25) is 5.15 Å². The Bertz CT molecular complexity index is 1330. The van der Waals surface area contributed by atoms with Gasteiger partial charge in [0.25, 0.3) is 0 Å². The van der Waals surface area contributed by atoms with Gasteiger partial charge in [-0.15, -0.1) is 0 Å².